The average Bonchev–Trinajstić information content (AvgIpc) is 2.16. The fourth-order valence-corrected chi connectivity index (χ4v) is 1.56. The van der Waals surface area contributed by atoms with E-state index < -0.39 is 10.8 Å². The number of nitrogens with two attached hydrogens (primary N) is 1. The minimum Gasteiger partial charge on any atom is -0.490 e. The van der Waals surface area contributed by atoms with Gasteiger partial charge < -0.3 is 10.5 Å². The standard InChI is InChI=1S/C8H7BrN2O4/c1-15-7-5(8(10)12)2-4(9)3-6(7)11(13)14/h2-3H,1H3,(H2,10,12). The average molecular weight is 275 g/mol. The molecule has 1 rings (SSSR count). The first-order valence-corrected chi connectivity index (χ1v) is 4.58. The lowest BCUT2D eigenvalue weighted by molar-refractivity contribution is -0.385. The molecule has 1 aromatic carbocycles. The number of carbonyl (C=O) groups excluding carboxylic acids is 1. The third-order valence-electron chi connectivity index (χ3n) is 1.70. The van der Waals surface area contributed by atoms with Gasteiger partial charge in [-0.05, 0) is 6.07 Å². The quantitative estimate of drug-likeness (QED) is 0.667. The van der Waals surface area contributed by atoms with Crippen molar-refractivity contribution in [3.8, 4) is 5.75 Å². The number of hydrogen-bond acceptors (Lipinski definition) is 4. The largest absolute Gasteiger partial charge is 0.490 e. The molecule has 0 atom stereocenters. The number of nitro benzene ring substituents is 1. The zero-order valence-corrected chi connectivity index (χ0v) is 9.28. The molecule has 2 N–H and O–H groups in total. The summed E-state index contributed by atoms with van der Waals surface area (Å²) in [4.78, 5) is 21.0. The zero-order valence-electron chi connectivity index (χ0n) is 7.69. The SMILES string of the molecule is COc1c(C(N)=O)cc(Br)cc1[N+](=O)[O-]. The Morgan fingerprint density at radius 1 is 1.60 bits per heavy atom. The van der Waals surface area contributed by atoms with Crippen molar-refractivity contribution >= 4 is 27.5 Å². The van der Waals surface area contributed by atoms with Gasteiger partial charge >= 0.3 is 5.69 Å². The Balaban J connectivity index is 3.52. The third kappa shape index (κ3) is 2.24. The van der Waals surface area contributed by atoms with Crippen LogP contribution < -0.4 is 10.5 Å². The first-order chi connectivity index (χ1) is 6.97. The molecule has 0 unspecified atom stereocenters. The van der Waals surface area contributed by atoms with Crippen molar-refractivity contribution in [2.75, 3.05) is 7.11 Å². The van der Waals surface area contributed by atoms with Crippen LogP contribution in [0.15, 0.2) is 16.6 Å². The number of methoxy groups -OCH3 is 1. The van der Waals surface area contributed by atoms with Gasteiger partial charge in [-0.15, -0.1) is 0 Å². The Morgan fingerprint density at radius 3 is 2.60 bits per heavy atom. The van der Waals surface area contributed by atoms with Crippen LogP contribution in [0.1, 0.15) is 10.4 Å². The van der Waals surface area contributed by atoms with E-state index in [1.165, 1.54) is 19.2 Å². The number of amides is 1. The summed E-state index contributed by atoms with van der Waals surface area (Å²) in [5, 5.41) is 10.7. The van der Waals surface area contributed by atoms with Crippen molar-refractivity contribution in [2.45, 2.75) is 0 Å². The summed E-state index contributed by atoms with van der Waals surface area (Å²) in [7, 11) is 1.24. The van der Waals surface area contributed by atoms with Crippen molar-refractivity contribution < 1.29 is 14.5 Å². The van der Waals surface area contributed by atoms with Crippen molar-refractivity contribution in [3.63, 3.8) is 0 Å². The summed E-state index contributed by atoms with van der Waals surface area (Å²) in [6, 6.07) is 2.61. The number of hydrogen-bond donors (Lipinski definition) is 1. The molecule has 1 amide bonds. The van der Waals surface area contributed by atoms with E-state index in [1.54, 1.807) is 0 Å². The lowest BCUT2D eigenvalue weighted by Crippen LogP contribution is -2.13. The highest BCUT2D eigenvalue weighted by Gasteiger charge is 2.22. The number of rotatable bonds is 3. The van der Waals surface area contributed by atoms with Gasteiger partial charge in [-0.1, -0.05) is 15.9 Å². The number of primary amides is 1. The second-order valence-electron chi connectivity index (χ2n) is 2.63. The van der Waals surface area contributed by atoms with Gasteiger partial charge in [0.15, 0.2) is 0 Å². The number of carbonyl (C=O) groups is 1. The molecule has 0 aliphatic rings. The van der Waals surface area contributed by atoms with Crippen LogP contribution in [0.5, 0.6) is 5.75 Å². The van der Waals surface area contributed by atoms with Crippen LogP contribution in [-0.2, 0) is 0 Å². The first-order valence-electron chi connectivity index (χ1n) is 3.79. The summed E-state index contributed by atoms with van der Waals surface area (Å²) in [6.07, 6.45) is 0. The number of benzene rings is 1. The Labute approximate surface area is 93.3 Å². The Morgan fingerprint density at radius 2 is 2.20 bits per heavy atom. The van der Waals surface area contributed by atoms with Crippen LogP contribution in [0.3, 0.4) is 0 Å². The van der Waals surface area contributed by atoms with Crippen LogP contribution in [-0.4, -0.2) is 17.9 Å². The second kappa shape index (κ2) is 4.26. The van der Waals surface area contributed by atoms with Crippen molar-refractivity contribution in [2.24, 2.45) is 5.73 Å². The molecule has 15 heavy (non-hydrogen) atoms. The van der Waals surface area contributed by atoms with E-state index in [0.29, 0.717) is 4.47 Å². The number of halogens is 1. The van der Waals surface area contributed by atoms with E-state index in [4.69, 9.17) is 10.5 Å². The fraction of sp³-hybridized carbons (Fsp3) is 0.125. The van der Waals surface area contributed by atoms with Crippen LogP contribution in [0, 0.1) is 10.1 Å². The topological polar surface area (TPSA) is 95.5 Å². The summed E-state index contributed by atoms with van der Waals surface area (Å²) >= 11 is 3.05. The Bertz CT molecular complexity index is 398. The van der Waals surface area contributed by atoms with E-state index in [2.05, 4.69) is 15.9 Å². The molecule has 0 saturated heterocycles. The molecule has 0 aromatic heterocycles. The molecule has 0 aliphatic carbocycles. The predicted molar refractivity (Wildman–Crippen MR) is 55.9 cm³/mol. The smallest absolute Gasteiger partial charge is 0.312 e. The van der Waals surface area contributed by atoms with Gasteiger partial charge in [0.25, 0.3) is 5.91 Å². The summed E-state index contributed by atoms with van der Waals surface area (Å²) in [6.45, 7) is 0. The molecule has 7 heteroatoms. The van der Waals surface area contributed by atoms with Gasteiger partial charge in [-0.2, -0.15) is 0 Å². The highest BCUT2D eigenvalue weighted by molar-refractivity contribution is 9.10. The van der Waals surface area contributed by atoms with Gasteiger partial charge in [0.2, 0.25) is 5.75 Å². The molecule has 0 fully saturated rings. The summed E-state index contributed by atoms with van der Waals surface area (Å²) in [5.74, 6) is -0.910. The first kappa shape index (κ1) is 11.4. The van der Waals surface area contributed by atoms with E-state index in [9.17, 15) is 14.9 Å². The lowest BCUT2D eigenvalue weighted by Gasteiger charge is -2.06. The molecule has 0 saturated carbocycles. The monoisotopic (exact) mass is 274 g/mol. The van der Waals surface area contributed by atoms with Crippen molar-refractivity contribution in [1.29, 1.82) is 0 Å². The Kier molecular flexibility index (Phi) is 3.25. The van der Waals surface area contributed by atoms with Crippen LogP contribution in [0.25, 0.3) is 0 Å². The van der Waals surface area contributed by atoms with Gasteiger partial charge in [-0.25, -0.2) is 0 Å². The van der Waals surface area contributed by atoms with Gasteiger partial charge in [0, 0.05) is 10.5 Å². The minimum atomic E-state index is -0.781. The molecule has 1 aromatic rings. The van der Waals surface area contributed by atoms with Crippen molar-refractivity contribution in [3.05, 3.63) is 32.3 Å². The molecular weight excluding hydrogens is 268 g/mol. The van der Waals surface area contributed by atoms with Crippen LogP contribution in [0.2, 0.25) is 0 Å². The molecule has 0 spiro atoms. The lowest BCUT2D eigenvalue weighted by atomic mass is 10.1. The third-order valence-corrected chi connectivity index (χ3v) is 2.16. The minimum absolute atomic E-state index is 0.0291. The zero-order chi connectivity index (χ0) is 11.6. The van der Waals surface area contributed by atoms with Gasteiger partial charge in [0.1, 0.15) is 0 Å². The maximum absolute atomic E-state index is 11.0. The molecule has 0 heterocycles. The molecule has 0 bridgehead atoms. The maximum Gasteiger partial charge on any atom is 0.312 e. The number of nitro groups is 1. The normalized spacial score (nSPS) is 9.73. The van der Waals surface area contributed by atoms with E-state index >= 15 is 0 Å². The van der Waals surface area contributed by atoms with Crippen molar-refractivity contribution in [1.82, 2.24) is 0 Å². The Hall–Kier alpha value is -1.63. The molecule has 0 aliphatic heterocycles. The summed E-state index contributed by atoms with van der Waals surface area (Å²) < 4.78 is 5.18. The van der Waals surface area contributed by atoms with Gasteiger partial charge in [-0.3, -0.25) is 14.9 Å². The van der Waals surface area contributed by atoms with E-state index in [-0.39, 0.29) is 17.0 Å². The van der Waals surface area contributed by atoms with Gasteiger partial charge in [0.05, 0.1) is 17.6 Å². The van der Waals surface area contributed by atoms with Crippen LogP contribution >= 0.6 is 15.9 Å². The molecule has 80 valence electrons. The molecule has 0 radical (unpaired) electrons. The highest BCUT2D eigenvalue weighted by Crippen LogP contribution is 2.33. The fourth-order valence-electron chi connectivity index (χ4n) is 1.11. The molecule has 6 nitrogen and oxygen atoms in total. The predicted octanol–water partition coefficient (Wildman–Crippen LogP) is 1.46. The van der Waals surface area contributed by atoms with E-state index in [0.717, 1.165) is 0 Å². The van der Waals surface area contributed by atoms with Crippen LogP contribution in [0.4, 0.5) is 5.69 Å². The molecular formula is C8H7BrN2O4. The maximum atomic E-state index is 11.0. The highest BCUT2D eigenvalue weighted by atomic mass is 79.9. The number of nitrogens with zero attached hydrogens (tertiary/aromatic N) is 1. The van der Waals surface area contributed by atoms with E-state index in [1.807, 2.05) is 0 Å². The summed E-state index contributed by atoms with van der Waals surface area (Å²) in [5.41, 5.74) is 4.73. The number of ether oxygens (including phenoxy) is 1. The second-order valence-corrected chi connectivity index (χ2v) is 3.54.